The van der Waals surface area contributed by atoms with Crippen LogP contribution in [-0.2, 0) is 4.79 Å². The third-order valence-electron chi connectivity index (χ3n) is 4.63. The number of fused-ring (bicyclic) bond motifs is 2. The van der Waals surface area contributed by atoms with Gasteiger partial charge in [0.1, 0.15) is 5.54 Å². The number of piperidine rings is 1. The third-order valence-corrected chi connectivity index (χ3v) is 4.63. The van der Waals surface area contributed by atoms with E-state index in [4.69, 9.17) is 0 Å². The number of nitrogens with one attached hydrogen (secondary N) is 2. The molecule has 2 bridgehead atoms. The molecule has 3 saturated heterocycles. The van der Waals surface area contributed by atoms with Gasteiger partial charge in [0.05, 0.1) is 12.2 Å². The van der Waals surface area contributed by atoms with Gasteiger partial charge >= 0.3 is 6.03 Å². The summed E-state index contributed by atoms with van der Waals surface area (Å²) >= 11 is 0. The number of hydrogen-bond donors (Lipinski definition) is 4. The van der Waals surface area contributed by atoms with Crippen molar-refractivity contribution in [3.05, 3.63) is 0 Å². The van der Waals surface area contributed by atoms with Gasteiger partial charge < -0.3 is 15.5 Å². The van der Waals surface area contributed by atoms with Gasteiger partial charge in [-0.1, -0.05) is 0 Å². The van der Waals surface area contributed by atoms with Crippen molar-refractivity contribution in [2.24, 2.45) is 0 Å². The zero-order valence-corrected chi connectivity index (χ0v) is 11.0. The Morgan fingerprint density at radius 2 is 1.74 bits per heavy atom. The van der Waals surface area contributed by atoms with E-state index >= 15 is 0 Å². The van der Waals surface area contributed by atoms with E-state index < -0.39 is 23.8 Å². The molecule has 7 heteroatoms. The van der Waals surface area contributed by atoms with Crippen LogP contribution in [0.25, 0.3) is 0 Å². The highest BCUT2D eigenvalue weighted by atomic mass is 16.3. The first-order valence-electron chi connectivity index (χ1n) is 6.63. The SMILES string of the molecule is CC(C)N1[C@@H]2CC3(C[C@H]1[C@H](O)[C@@H]2O)NC(=O)NC3=O. The standard InChI is InChI=1S/C12H19N3O4/c1-5(2)15-6-3-12(10(18)13-11(19)14-12)4-7(15)9(17)8(6)16/h5-9,16-17H,3-4H2,1-2H3,(H2,13,14,18,19)/t6-,7+,8-,9+,12?. The molecule has 3 aliphatic heterocycles. The summed E-state index contributed by atoms with van der Waals surface area (Å²) in [6.07, 6.45) is -1.09. The van der Waals surface area contributed by atoms with E-state index in [9.17, 15) is 19.8 Å². The summed E-state index contributed by atoms with van der Waals surface area (Å²) in [6.45, 7) is 3.99. The Hall–Kier alpha value is -1.18. The molecular formula is C12H19N3O4. The van der Waals surface area contributed by atoms with Crippen LogP contribution in [0.2, 0.25) is 0 Å². The first kappa shape index (κ1) is 12.8. The molecule has 106 valence electrons. The molecule has 3 fully saturated rings. The Morgan fingerprint density at radius 3 is 2.11 bits per heavy atom. The van der Waals surface area contributed by atoms with Crippen LogP contribution in [-0.4, -0.2) is 62.9 Å². The smallest absolute Gasteiger partial charge is 0.322 e. The highest BCUT2D eigenvalue weighted by Gasteiger charge is 2.62. The maximum absolute atomic E-state index is 12.0. The number of aliphatic hydroxyl groups excluding tert-OH is 2. The second-order valence-corrected chi connectivity index (χ2v) is 6.06. The van der Waals surface area contributed by atoms with Crippen LogP contribution in [0, 0.1) is 0 Å². The largest absolute Gasteiger partial charge is 0.389 e. The number of aliphatic hydroxyl groups is 2. The van der Waals surface area contributed by atoms with Crippen LogP contribution in [0.15, 0.2) is 0 Å². The number of urea groups is 1. The van der Waals surface area contributed by atoms with Gasteiger partial charge in [0, 0.05) is 18.1 Å². The van der Waals surface area contributed by atoms with Crippen LogP contribution in [0.4, 0.5) is 4.79 Å². The number of carbonyl (C=O) groups excluding carboxylic acids is 2. The molecule has 7 nitrogen and oxygen atoms in total. The minimum Gasteiger partial charge on any atom is -0.389 e. The lowest BCUT2D eigenvalue weighted by atomic mass is 9.82. The maximum Gasteiger partial charge on any atom is 0.322 e. The van der Waals surface area contributed by atoms with Crippen LogP contribution < -0.4 is 10.6 Å². The van der Waals surface area contributed by atoms with Gasteiger partial charge in [0.15, 0.2) is 0 Å². The lowest BCUT2D eigenvalue weighted by Crippen LogP contribution is -2.61. The topological polar surface area (TPSA) is 102 Å². The molecular weight excluding hydrogens is 250 g/mol. The van der Waals surface area contributed by atoms with Crippen molar-refractivity contribution in [2.75, 3.05) is 0 Å². The van der Waals surface area contributed by atoms with Crippen LogP contribution in [0.5, 0.6) is 0 Å². The highest BCUT2D eigenvalue weighted by Crippen LogP contribution is 2.43. The lowest BCUT2D eigenvalue weighted by molar-refractivity contribution is -0.127. The number of rotatable bonds is 1. The Morgan fingerprint density at radius 1 is 1.21 bits per heavy atom. The van der Waals surface area contributed by atoms with Crippen LogP contribution in [0.1, 0.15) is 26.7 Å². The average Bonchev–Trinajstić information content (AvgIpc) is 2.67. The molecule has 1 spiro atoms. The predicted octanol–water partition coefficient (Wildman–Crippen LogP) is -1.46. The average molecular weight is 269 g/mol. The Bertz CT molecular complexity index is 421. The van der Waals surface area contributed by atoms with E-state index in [-0.39, 0.29) is 24.0 Å². The minimum absolute atomic E-state index is 0.166. The van der Waals surface area contributed by atoms with Gasteiger partial charge in [0.2, 0.25) is 0 Å². The molecule has 0 aromatic heterocycles. The van der Waals surface area contributed by atoms with Crippen molar-refractivity contribution in [1.82, 2.24) is 15.5 Å². The van der Waals surface area contributed by atoms with Gasteiger partial charge in [-0.25, -0.2) is 4.79 Å². The fraction of sp³-hybridized carbons (Fsp3) is 0.833. The van der Waals surface area contributed by atoms with E-state index in [1.54, 1.807) is 0 Å². The molecule has 3 heterocycles. The fourth-order valence-electron chi connectivity index (χ4n) is 3.89. The predicted molar refractivity (Wildman–Crippen MR) is 65.2 cm³/mol. The molecule has 3 amide bonds. The molecule has 5 atom stereocenters. The normalized spacial score (nSPS) is 45.9. The van der Waals surface area contributed by atoms with E-state index in [1.807, 2.05) is 13.8 Å². The third kappa shape index (κ3) is 1.62. The van der Waals surface area contributed by atoms with E-state index in [0.717, 1.165) is 0 Å². The number of amides is 3. The summed E-state index contributed by atoms with van der Waals surface area (Å²) in [5.74, 6) is -0.350. The second kappa shape index (κ2) is 3.91. The monoisotopic (exact) mass is 269 g/mol. The molecule has 3 aliphatic rings. The van der Waals surface area contributed by atoms with Crippen LogP contribution >= 0.6 is 0 Å². The van der Waals surface area contributed by atoms with Crippen molar-refractivity contribution in [1.29, 1.82) is 0 Å². The first-order chi connectivity index (χ1) is 8.85. The van der Waals surface area contributed by atoms with Crippen molar-refractivity contribution in [2.45, 2.75) is 62.6 Å². The molecule has 0 saturated carbocycles. The van der Waals surface area contributed by atoms with Gasteiger partial charge in [-0.05, 0) is 26.7 Å². The summed E-state index contributed by atoms with van der Waals surface area (Å²) in [5.41, 5.74) is -0.976. The van der Waals surface area contributed by atoms with Crippen molar-refractivity contribution in [3.63, 3.8) is 0 Å². The highest BCUT2D eigenvalue weighted by molar-refractivity contribution is 6.07. The quantitative estimate of drug-likeness (QED) is 0.436. The molecule has 0 aromatic carbocycles. The molecule has 19 heavy (non-hydrogen) atoms. The van der Waals surface area contributed by atoms with E-state index in [1.165, 1.54) is 0 Å². The van der Waals surface area contributed by atoms with Gasteiger partial charge in [-0.3, -0.25) is 15.0 Å². The van der Waals surface area contributed by atoms with Gasteiger partial charge in [-0.2, -0.15) is 0 Å². The number of hydrogen-bond acceptors (Lipinski definition) is 5. The van der Waals surface area contributed by atoms with Gasteiger partial charge in [-0.15, -0.1) is 0 Å². The number of nitrogens with zero attached hydrogens (tertiary/aromatic N) is 1. The fourth-order valence-corrected chi connectivity index (χ4v) is 3.89. The minimum atomic E-state index is -0.976. The molecule has 4 N–H and O–H groups in total. The van der Waals surface area contributed by atoms with Crippen molar-refractivity contribution < 1.29 is 19.8 Å². The number of carbonyl (C=O) groups is 2. The van der Waals surface area contributed by atoms with E-state index in [2.05, 4.69) is 15.5 Å². The zero-order chi connectivity index (χ0) is 13.9. The van der Waals surface area contributed by atoms with Crippen molar-refractivity contribution in [3.8, 4) is 0 Å². The van der Waals surface area contributed by atoms with E-state index in [0.29, 0.717) is 12.8 Å². The Kier molecular flexibility index (Phi) is 2.64. The summed E-state index contributed by atoms with van der Waals surface area (Å²) in [6, 6.07) is -0.943. The Balaban J connectivity index is 1.95. The summed E-state index contributed by atoms with van der Waals surface area (Å²) in [7, 11) is 0. The molecule has 0 aliphatic carbocycles. The summed E-state index contributed by atoms with van der Waals surface area (Å²) in [4.78, 5) is 25.4. The second-order valence-electron chi connectivity index (χ2n) is 6.06. The lowest BCUT2D eigenvalue weighted by Gasteiger charge is -2.44. The molecule has 3 rings (SSSR count). The maximum atomic E-state index is 12.0. The molecule has 0 aromatic rings. The van der Waals surface area contributed by atoms with Crippen LogP contribution in [0.3, 0.4) is 0 Å². The van der Waals surface area contributed by atoms with Gasteiger partial charge in [0.25, 0.3) is 5.91 Å². The first-order valence-corrected chi connectivity index (χ1v) is 6.63. The summed E-state index contributed by atoms with van der Waals surface area (Å²) < 4.78 is 0. The number of imide groups is 1. The molecule has 1 unspecified atom stereocenters. The zero-order valence-electron chi connectivity index (χ0n) is 11.0. The molecule has 0 radical (unpaired) electrons. The van der Waals surface area contributed by atoms with Crippen molar-refractivity contribution >= 4 is 11.9 Å². The Labute approximate surface area is 111 Å². The summed E-state index contributed by atoms with van der Waals surface area (Å²) in [5, 5.41) is 25.2.